The molecule has 1 N–H and O–H groups in total. The third-order valence-electron chi connectivity index (χ3n) is 2.46. The van der Waals surface area contributed by atoms with Crippen LogP contribution < -0.4 is 5.32 Å². The van der Waals surface area contributed by atoms with E-state index in [9.17, 15) is 4.79 Å². The SMILES string of the molecule is CCN(CC(=O)NC(C)C)Cc1ccnc(Cl)c1. The maximum atomic E-state index is 11.7. The number of nitrogens with zero attached hydrogens (tertiary/aromatic N) is 2. The highest BCUT2D eigenvalue weighted by molar-refractivity contribution is 6.29. The lowest BCUT2D eigenvalue weighted by molar-refractivity contribution is -0.122. The van der Waals surface area contributed by atoms with Crippen LogP contribution in [0.15, 0.2) is 18.3 Å². The first-order valence-electron chi connectivity index (χ1n) is 6.13. The highest BCUT2D eigenvalue weighted by Crippen LogP contribution is 2.09. The molecule has 0 aliphatic heterocycles. The van der Waals surface area contributed by atoms with E-state index in [0.29, 0.717) is 18.2 Å². The Bertz CT molecular complexity index is 396. The molecule has 18 heavy (non-hydrogen) atoms. The molecule has 0 atom stereocenters. The van der Waals surface area contributed by atoms with E-state index < -0.39 is 0 Å². The molecule has 100 valence electrons. The third kappa shape index (κ3) is 5.47. The van der Waals surface area contributed by atoms with Crippen LogP contribution in [0.4, 0.5) is 0 Å². The molecule has 0 aliphatic rings. The quantitative estimate of drug-likeness (QED) is 0.805. The molecule has 1 heterocycles. The molecule has 1 aromatic heterocycles. The van der Waals surface area contributed by atoms with Crippen LogP contribution in [-0.2, 0) is 11.3 Å². The predicted molar refractivity (Wildman–Crippen MR) is 73.5 cm³/mol. The van der Waals surface area contributed by atoms with Gasteiger partial charge >= 0.3 is 0 Å². The number of carbonyl (C=O) groups excluding carboxylic acids is 1. The molecule has 0 spiro atoms. The van der Waals surface area contributed by atoms with Crippen molar-refractivity contribution < 1.29 is 4.79 Å². The summed E-state index contributed by atoms with van der Waals surface area (Å²) in [4.78, 5) is 17.7. The summed E-state index contributed by atoms with van der Waals surface area (Å²) in [6.07, 6.45) is 1.68. The van der Waals surface area contributed by atoms with Gasteiger partial charge < -0.3 is 5.32 Å². The first-order chi connectivity index (χ1) is 8.51. The third-order valence-corrected chi connectivity index (χ3v) is 2.67. The number of hydrogen-bond acceptors (Lipinski definition) is 3. The lowest BCUT2D eigenvalue weighted by Gasteiger charge is -2.20. The monoisotopic (exact) mass is 269 g/mol. The van der Waals surface area contributed by atoms with E-state index in [-0.39, 0.29) is 11.9 Å². The van der Waals surface area contributed by atoms with E-state index in [1.54, 1.807) is 6.20 Å². The van der Waals surface area contributed by atoms with Crippen LogP contribution in [0.25, 0.3) is 0 Å². The van der Waals surface area contributed by atoms with E-state index >= 15 is 0 Å². The first kappa shape index (κ1) is 14.9. The fraction of sp³-hybridized carbons (Fsp3) is 0.538. The molecular weight excluding hydrogens is 250 g/mol. The highest BCUT2D eigenvalue weighted by Gasteiger charge is 2.10. The van der Waals surface area contributed by atoms with Crippen molar-refractivity contribution in [1.82, 2.24) is 15.2 Å². The van der Waals surface area contributed by atoms with E-state index in [0.717, 1.165) is 12.1 Å². The zero-order valence-corrected chi connectivity index (χ0v) is 11.9. The molecule has 1 amide bonds. The minimum atomic E-state index is 0.0482. The van der Waals surface area contributed by atoms with Crippen molar-refractivity contribution in [2.75, 3.05) is 13.1 Å². The second-order valence-electron chi connectivity index (χ2n) is 4.51. The highest BCUT2D eigenvalue weighted by atomic mass is 35.5. The van der Waals surface area contributed by atoms with Gasteiger partial charge in [0.15, 0.2) is 0 Å². The summed E-state index contributed by atoms with van der Waals surface area (Å²) in [5.41, 5.74) is 1.06. The van der Waals surface area contributed by atoms with Crippen LogP contribution in [0.5, 0.6) is 0 Å². The number of pyridine rings is 1. The summed E-state index contributed by atoms with van der Waals surface area (Å²) in [6, 6.07) is 3.91. The number of halogens is 1. The van der Waals surface area contributed by atoms with Crippen molar-refractivity contribution in [3.8, 4) is 0 Å². The van der Waals surface area contributed by atoms with Crippen LogP contribution in [-0.4, -0.2) is 34.9 Å². The standard InChI is InChI=1S/C13H20ClN3O/c1-4-17(9-13(18)16-10(2)3)8-11-5-6-15-12(14)7-11/h5-7,10H,4,8-9H2,1-3H3,(H,16,18). The Kier molecular flexibility index (Phi) is 6.09. The molecule has 0 aliphatic carbocycles. The van der Waals surface area contributed by atoms with Gasteiger partial charge in [-0.2, -0.15) is 0 Å². The number of aromatic nitrogens is 1. The van der Waals surface area contributed by atoms with Gasteiger partial charge in [0.2, 0.25) is 5.91 Å². The summed E-state index contributed by atoms with van der Waals surface area (Å²) in [7, 11) is 0. The average molecular weight is 270 g/mol. The maximum Gasteiger partial charge on any atom is 0.234 e. The van der Waals surface area contributed by atoms with E-state index in [4.69, 9.17) is 11.6 Å². The van der Waals surface area contributed by atoms with Crippen molar-refractivity contribution in [3.63, 3.8) is 0 Å². The zero-order valence-electron chi connectivity index (χ0n) is 11.1. The number of carbonyl (C=O) groups is 1. The van der Waals surface area contributed by atoms with Crippen LogP contribution >= 0.6 is 11.6 Å². The molecule has 0 radical (unpaired) electrons. The summed E-state index contributed by atoms with van der Waals surface area (Å²) in [5.74, 6) is 0.0482. The van der Waals surface area contributed by atoms with Crippen molar-refractivity contribution >= 4 is 17.5 Å². The van der Waals surface area contributed by atoms with Crippen molar-refractivity contribution in [2.45, 2.75) is 33.4 Å². The van der Waals surface area contributed by atoms with E-state index in [2.05, 4.69) is 15.2 Å². The number of hydrogen-bond donors (Lipinski definition) is 1. The average Bonchev–Trinajstić information content (AvgIpc) is 2.27. The lowest BCUT2D eigenvalue weighted by atomic mass is 10.2. The van der Waals surface area contributed by atoms with Gasteiger partial charge in [0.05, 0.1) is 6.54 Å². The Morgan fingerprint density at radius 1 is 1.56 bits per heavy atom. The summed E-state index contributed by atoms with van der Waals surface area (Å²) >= 11 is 5.84. The Morgan fingerprint density at radius 2 is 2.28 bits per heavy atom. The molecule has 5 heteroatoms. The normalized spacial score (nSPS) is 11.0. The molecule has 0 saturated carbocycles. The Balaban J connectivity index is 2.54. The summed E-state index contributed by atoms with van der Waals surface area (Å²) in [5, 5.41) is 3.37. The Morgan fingerprint density at radius 3 is 2.83 bits per heavy atom. The molecule has 0 bridgehead atoms. The van der Waals surface area contributed by atoms with Gasteiger partial charge in [-0.15, -0.1) is 0 Å². The number of rotatable bonds is 6. The van der Waals surface area contributed by atoms with Crippen molar-refractivity contribution in [3.05, 3.63) is 29.0 Å². The molecule has 0 fully saturated rings. The molecule has 4 nitrogen and oxygen atoms in total. The largest absolute Gasteiger partial charge is 0.353 e. The van der Waals surface area contributed by atoms with Gasteiger partial charge in [0.1, 0.15) is 5.15 Å². The molecule has 0 aromatic carbocycles. The molecule has 1 rings (SSSR count). The molecule has 0 unspecified atom stereocenters. The fourth-order valence-electron chi connectivity index (χ4n) is 1.65. The molecule has 1 aromatic rings. The van der Waals surface area contributed by atoms with E-state index in [1.165, 1.54) is 0 Å². The summed E-state index contributed by atoms with van der Waals surface area (Å²) < 4.78 is 0. The fourth-order valence-corrected chi connectivity index (χ4v) is 1.85. The predicted octanol–water partition coefficient (Wildman–Crippen LogP) is 2.08. The van der Waals surface area contributed by atoms with Gasteiger partial charge in [-0.1, -0.05) is 18.5 Å². The van der Waals surface area contributed by atoms with Crippen LogP contribution in [0.1, 0.15) is 26.3 Å². The van der Waals surface area contributed by atoms with Crippen molar-refractivity contribution in [1.29, 1.82) is 0 Å². The Labute approximate surface area is 113 Å². The molecular formula is C13H20ClN3O. The van der Waals surface area contributed by atoms with Gasteiger partial charge in [0, 0.05) is 18.8 Å². The smallest absolute Gasteiger partial charge is 0.234 e. The topological polar surface area (TPSA) is 45.2 Å². The number of nitrogens with one attached hydrogen (secondary N) is 1. The summed E-state index contributed by atoms with van der Waals surface area (Å²) in [6.45, 7) is 7.85. The molecule has 0 saturated heterocycles. The second kappa shape index (κ2) is 7.34. The minimum absolute atomic E-state index is 0.0482. The van der Waals surface area contributed by atoms with Crippen LogP contribution in [0, 0.1) is 0 Å². The Hall–Kier alpha value is -1.13. The number of amides is 1. The minimum Gasteiger partial charge on any atom is -0.353 e. The van der Waals surface area contributed by atoms with Gasteiger partial charge in [-0.3, -0.25) is 9.69 Å². The van der Waals surface area contributed by atoms with Crippen LogP contribution in [0.3, 0.4) is 0 Å². The van der Waals surface area contributed by atoms with E-state index in [1.807, 2.05) is 32.9 Å². The van der Waals surface area contributed by atoms with Crippen molar-refractivity contribution in [2.24, 2.45) is 0 Å². The van der Waals surface area contributed by atoms with Gasteiger partial charge in [-0.05, 0) is 38.1 Å². The zero-order chi connectivity index (χ0) is 13.5. The van der Waals surface area contributed by atoms with Gasteiger partial charge in [0.25, 0.3) is 0 Å². The van der Waals surface area contributed by atoms with Crippen LogP contribution in [0.2, 0.25) is 5.15 Å². The first-order valence-corrected chi connectivity index (χ1v) is 6.51. The number of likely N-dealkylation sites (N-methyl/N-ethyl adjacent to an activating group) is 1. The lowest BCUT2D eigenvalue weighted by Crippen LogP contribution is -2.39. The second-order valence-corrected chi connectivity index (χ2v) is 4.90. The maximum absolute atomic E-state index is 11.7. The van der Waals surface area contributed by atoms with Gasteiger partial charge in [-0.25, -0.2) is 4.98 Å².